The van der Waals surface area contributed by atoms with Crippen molar-refractivity contribution in [2.24, 2.45) is 5.92 Å². The molecule has 0 radical (unpaired) electrons. The molecule has 0 aromatic heterocycles. The standard InChI is InChI=1S/C7H11NO/c1-4-7(9)6(2)5-8-3/h1,6,8H,5H2,2-3H3. The van der Waals surface area contributed by atoms with Crippen molar-refractivity contribution in [1.82, 2.24) is 5.32 Å². The fraction of sp³-hybridized carbons (Fsp3) is 0.571. The molecule has 0 saturated heterocycles. The van der Waals surface area contributed by atoms with Crippen LogP contribution >= 0.6 is 0 Å². The molecule has 0 rings (SSSR count). The van der Waals surface area contributed by atoms with Gasteiger partial charge in [0, 0.05) is 12.5 Å². The number of hydrogen-bond acceptors (Lipinski definition) is 2. The Morgan fingerprint density at radius 1 is 1.89 bits per heavy atom. The molecule has 0 aliphatic heterocycles. The summed E-state index contributed by atoms with van der Waals surface area (Å²) in [5.74, 6) is 1.88. The minimum absolute atomic E-state index is 0.0556. The van der Waals surface area contributed by atoms with Crippen LogP contribution in [0.5, 0.6) is 0 Å². The lowest BCUT2D eigenvalue weighted by Crippen LogP contribution is -2.22. The normalized spacial score (nSPS) is 12.1. The van der Waals surface area contributed by atoms with Gasteiger partial charge in [0.25, 0.3) is 0 Å². The van der Waals surface area contributed by atoms with E-state index in [2.05, 4.69) is 11.2 Å². The number of ketones is 1. The highest BCUT2D eigenvalue weighted by atomic mass is 16.1. The number of carbonyl (C=O) groups excluding carboxylic acids is 1. The second-order valence-corrected chi connectivity index (χ2v) is 1.97. The quantitative estimate of drug-likeness (QED) is 0.426. The highest BCUT2D eigenvalue weighted by Gasteiger charge is 2.06. The lowest BCUT2D eigenvalue weighted by Gasteiger charge is -2.02. The van der Waals surface area contributed by atoms with Gasteiger partial charge in [-0.2, -0.15) is 0 Å². The fourth-order valence-electron chi connectivity index (χ4n) is 0.541. The number of rotatable bonds is 3. The summed E-state index contributed by atoms with van der Waals surface area (Å²) in [5, 5.41) is 2.87. The van der Waals surface area contributed by atoms with Gasteiger partial charge in [-0.3, -0.25) is 4.79 Å². The molecule has 9 heavy (non-hydrogen) atoms. The van der Waals surface area contributed by atoms with Crippen LogP contribution in [0, 0.1) is 18.3 Å². The zero-order chi connectivity index (χ0) is 7.28. The average molecular weight is 125 g/mol. The highest BCUT2D eigenvalue weighted by Crippen LogP contribution is 1.91. The predicted molar refractivity (Wildman–Crippen MR) is 36.9 cm³/mol. The van der Waals surface area contributed by atoms with Crippen LogP contribution < -0.4 is 5.32 Å². The second-order valence-electron chi connectivity index (χ2n) is 1.97. The van der Waals surface area contributed by atoms with Gasteiger partial charge >= 0.3 is 0 Å². The van der Waals surface area contributed by atoms with E-state index < -0.39 is 0 Å². The number of Topliss-reactive ketones (excluding diaryl/α,β-unsaturated/α-hetero) is 1. The summed E-state index contributed by atoms with van der Waals surface area (Å²) >= 11 is 0. The SMILES string of the molecule is C#CC(=O)C(C)CNC. The van der Waals surface area contributed by atoms with Gasteiger partial charge in [-0.15, -0.1) is 6.42 Å². The summed E-state index contributed by atoms with van der Waals surface area (Å²) in [4.78, 5) is 10.6. The Morgan fingerprint density at radius 2 is 2.44 bits per heavy atom. The van der Waals surface area contributed by atoms with Crippen LogP contribution in [-0.2, 0) is 4.79 Å². The molecule has 0 aromatic rings. The topological polar surface area (TPSA) is 29.1 Å². The maximum Gasteiger partial charge on any atom is 0.209 e. The largest absolute Gasteiger partial charge is 0.319 e. The molecule has 0 fully saturated rings. The van der Waals surface area contributed by atoms with Gasteiger partial charge in [-0.1, -0.05) is 6.92 Å². The van der Waals surface area contributed by atoms with Crippen LogP contribution in [0.2, 0.25) is 0 Å². The summed E-state index contributed by atoms with van der Waals surface area (Å²) in [5.41, 5.74) is 0. The van der Waals surface area contributed by atoms with Gasteiger partial charge in [-0.05, 0) is 13.0 Å². The molecular formula is C7H11NO. The third-order valence-corrected chi connectivity index (χ3v) is 1.10. The monoisotopic (exact) mass is 125 g/mol. The fourth-order valence-corrected chi connectivity index (χ4v) is 0.541. The predicted octanol–water partition coefficient (Wildman–Crippen LogP) is 0.0442. The van der Waals surface area contributed by atoms with Crippen LogP contribution in [0.4, 0.5) is 0 Å². The van der Waals surface area contributed by atoms with Crippen molar-refractivity contribution in [3.63, 3.8) is 0 Å². The van der Waals surface area contributed by atoms with Crippen LogP contribution in [0.3, 0.4) is 0 Å². The minimum atomic E-state index is -0.135. The Bertz CT molecular complexity index is 134. The molecule has 0 aliphatic rings. The zero-order valence-corrected chi connectivity index (χ0v) is 5.77. The van der Waals surface area contributed by atoms with Gasteiger partial charge < -0.3 is 5.32 Å². The van der Waals surface area contributed by atoms with E-state index in [0.717, 1.165) is 0 Å². The molecule has 0 amide bonds. The van der Waals surface area contributed by atoms with Gasteiger partial charge in [-0.25, -0.2) is 0 Å². The minimum Gasteiger partial charge on any atom is -0.319 e. The van der Waals surface area contributed by atoms with E-state index in [-0.39, 0.29) is 11.7 Å². The molecule has 50 valence electrons. The molecule has 0 heterocycles. The molecule has 0 aromatic carbocycles. The Morgan fingerprint density at radius 3 is 2.78 bits per heavy atom. The van der Waals surface area contributed by atoms with E-state index in [0.29, 0.717) is 6.54 Å². The molecule has 1 atom stereocenters. The van der Waals surface area contributed by atoms with Crippen molar-refractivity contribution in [1.29, 1.82) is 0 Å². The maximum absolute atomic E-state index is 10.6. The first-order valence-corrected chi connectivity index (χ1v) is 2.87. The second kappa shape index (κ2) is 4.11. The lowest BCUT2D eigenvalue weighted by molar-refractivity contribution is -0.116. The van der Waals surface area contributed by atoms with E-state index >= 15 is 0 Å². The van der Waals surface area contributed by atoms with Crippen molar-refractivity contribution in [3.05, 3.63) is 0 Å². The first-order chi connectivity index (χ1) is 4.22. The zero-order valence-electron chi connectivity index (χ0n) is 5.77. The Kier molecular flexibility index (Phi) is 3.74. The number of nitrogens with one attached hydrogen (secondary N) is 1. The van der Waals surface area contributed by atoms with Gasteiger partial charge in [0.05, 0.1) is 0 Å². The van der Waals surface area contributed by atoms with Crippen molar-refractivity contribution >= 4 is 5.78 Å². The third kappa shape index (κ3) is 2.89. The van der Waals surface area contributed by atoms with Crippen molar-refractivity contribution in [2.75, 3.05) is 13.6 Å². The van der Waals surface area contributed by atoms with Gasteiger partial charge in [0.1, 0.15) is 0 Å². The van der Waals surface area contributed by atoms with E-state index in [4.69, 9.17) is 6.42 Å². The summed E-state index contributed by atoms with van der Waals surface area (Å²) in [6.45, 7) is 2.46. The number of hydrogen-bond donors (Lipinski definition) is 1. The Hall–Kier alpha value is -0.810. The molecule has 0 saturated carbocycles. The molecule has 0 aliphatic carbocycles. The Balaban J connectivity index is 3.62. The highest BCUT2D eigenvalue weighted by molar-refractivity contribution is 5.96. The molecule has 1 N–H and O–H groups in total. The van der Waals surface area contributed by atoms with Gasteiger partial charge in [0.2, 0.25) is 5.78 Å². The first kappa shape index (κ1) is 8.19. The Labute approximate surface area is 55.6 Å². The summed E-state index contributed by atoms with van der Waals surface area (Å²) < 4.78 is 0. The maximum atomic E-state index is 10.6. The van der Waals surface area contributed by atoms with E-state index in [1.54, 1.807) is 14.0 Å². The van der Waals surface area contributed by atoms with E-state index in [9.17, 15) is 4.79 Å². The summed E-state index contributed by atoms with van der Waals surface area (Å²) in [6.07, 6.45) is 4.88. The molecule has 2 heteroatoms. The van der Waals surface area contributed by atoms with Crippen LogP contribution in [0.1, 0.15) is 6.92 Å². The molecule has 0 bridgehead atoms. The van der Waals surface area contributed by atoms with Crippen molar-refractivity contribution in [2.45, 2.75) is 6.92 Å². The summed E-state index contributed by atoms with van der Waals surface area (Å²) in [6, 6.07) is 0. The third-order valence-electron chi connectivity index (χ3n) is 1.10. The van der Waals surface area contributed by atoms with Crippen LogP contribution in [0.25, 0.3) is 0 Å². The van der Waals surface area contributed by atoms with Crippen molar-refractivity contribution in [3.8, 4) is 12.3 Å². The molecule has 1 unspecified atom stereocenters. The van der Waals surface area contributed by atoms with E-state index in [1.165, 1.54) is 0 Å². The first-order valence-electron chi connectivity index (χ1n) is 2.87. The van der Waals surface area contributed by atoms with Crippen LogP contribution in [-0.4, -0.2) is 19.4 Å². The molecule has 0 spiro atoms. The molecular weight excluding hydrogens is 114 g/mol. The smallest absolute Gasteiger partial charge is 0.209 e. The van der Waals surface area contributed by atoms with Crippen molar-refractivity contribution < 1.29 is 4.79 Å². The number of carbonyl (C=O) groups is 1. The lowest BCUT2D eigenvalue weighted by atomic mass is 10.1. The summed E-state index contributed by atoms with van der Waals surface area (Å²) in [7, 11) is 1.79. The van der Waals surface area contributed by atoms with Crippen LogP contribution in [0.15, 0.2) is 0 Å². The average Bonchev–Trinajstić information content (AvgIpc) is 1.87. The molecule has 2 nitrogen and oxygen atoms in total. The number of terminal acetylenes is 1. The van der Waals surface area contributed by atoms with E-state index in [1.807, 2.05) is 0 Å². The van der Waals surface area contributed by atoms with Gasteiger partial charge in [0.15, 0.2) is 0 Å².